The van der Waals surface area contributed by atoms with E-state index in [9.17, 15) is 26.4 Å². The Bertz CT molecular complexity index is 728. The van der Waals surface area contributed by atoms with Crippen LogP contribution < -0.4 is 15.4 Å². The lowest BCUT2D eigenvalue weighted by Crippen LogP contribution is -2.46. The van der Waals surface area contributed by atoms with E-state index in [-0.39, 0.29) is 34.9 Å². The maximum atomic E-state index is 12.5. The first-order chi connectivity index (χ1) is 11.6. The number of hydrogen-bond donors (Lipinski definition) is 3. The minimum atomic E-state index is -4.54. The zero-order valence-electron chi connectivity index (χ0n) is 14.0. The molecule has 1 saturated heterocycles. The third-order valence-electron chi connectivity index (χ3n) is 3.80. The van der Waals surface area contributed by atoms with Gasteiger partial charge in [0.05, 0.1) is 4.90 Å². The maximum absolute atomic E-state index is 12.5. The summed E-state index contributed by atoms with van der Waals surface area (Å²) in [6, 6.07) is 4.90. The summed E-state index contributed by atoms with van der Waals surface area (Å²) in [5.74, 6) is -0.982. The van der Waals surface area contributed by atoms with E-state index in [0.717, 1.165) is 6.07 Å². The second-order valence-corrected chi connectivity index (χ2v) is 7.74. The second kappa shape index (κ2) is 9.03. The highest BCUT2D eigenvalue weighted by atomic mass is 35.5. The summed E-state index contributed by atoms with van der Waals surface area (Å²) in [7, 11) is -3.86. The molecule has 1 fully saturated rings. The number of carbonyl (C=O) groups excluding carboxylic acids is 1. The molecule has 148 valence electrons. The van der Waals surface area contributed by atoms with Gasteiger partial charge in [-0.2, -0.15) is 13.2 Å². The third kappa shape index (κ3) is 6.75. The van der Waals surface area contributed by atoms with E-state index in [1.807, 2.05) is 6.92 Å². The normalized spacial score (nSPS) is 20.9. The molecule has 1 aromatic rings. The van der Waals surface area contributed by atoms with Gasteiger partial charge in [-0.3, -0.25) is 4.79 Å². The highest BCUT2D eigenvalue weighted by Crippen LogP contribution is 2.17. The molecule has 26 heavy (non-hydrogen) atoms. The van der Waals surface area contributed by atoms with Crippen molar-refractivity contribution in [1.82, 2.24) is 15.4 Å². The van der Waals surface area contributed by atoms with Crippen molar-refractivity contribution in [3.8, 4) is 0 Å². The number of alkyl halides is 3. The van der Waals surface area contributed by atoms with Gasteiger partial charge in [0.25, 0.3) is 5.91 Å². The van der Waals surface area contributed by atoms with E-state index >= 15 is 0 Å². The summed E-state index contributed by atoms with van der Waals surface area (Å²) in [6.07, 6.45) is -3.27. The van der Waals surface area contributed by atoms with Crippen LogP contribution >= 0.6 is 12.4 Å². The van der Waals surface area contributed by atoms with Crippen LogP contribution in [0.15, 0.2) is 29.2 Å². The molecule has 3 N–H and O–H groups in total. The number of hydrogen-bond acceptors (Lipinski definition) is 4. The van der Waals surface area contributed by atoms with Crippen LogP contribution in [0.5, 0.6) is 0 Å². The van der Waals surface area contributed by atoms with Gasteiger partial charge in [0.15, 0.2) is 0 Å². The van der Waals surface area contributed by atoms with Gasteiger partial charge in [-0.25, -0.2) is 13.1 Å². The van der Waals surface area contributed by atoms with Gasteiger partial charge < -0.3 is 10.6 Å². The number of rotatable bonds is 5. The molecule has 1 heterocycles. The van der Waals surface area contributed by atoms with Crippen LogP contribution in [0.3, 0.4) is 0 Å². The molecule has 11 heteroatoms. The van der Waals surface area contributed by atoms with Crippen molar-refractivity contribution < 1.29 is 26.4 Å². The Labute approximate surface area is 156 Å². The molecule has 1 aromatic carbocycles. The van der Waals surface area contributed by atoms with Crippen LogP contribution in [0, 0.1) is 0 Å². The third-order valence-corrected chi connectivity index (χ3v) is 5.32. The average Bonchev–Trinajstić information content (AvgIpc) is 2.51. The summed E-state index contributed by atoms with van der Waals surface area (Å²) >= 11 is 0. The highest BCUT2D eigenvalue weighted by molar-refractivity contribution is 7.89. The SMILES string of the molecule is CC1CC(NS(=O)(=O)c2cccc(C(=O)NCC(F)(F)F)c2)CCN1.Cl. The van der Waals surface area contributed by atoms with E-state index < -0.39 is 28.7 Å². The molecular weight excluding hydrogens is 395 g/mol. The number of halogens is 4. The summed E-state index contributed by atoms with van der Waals surface area (Å²) in [5.41, 5.74) is -0.147. The van der Waals surface area contributed by atoms with Crippen molar-refractivity contribution in [2.24, 2.45) is 0 Å². The van der Waals surface area contributed by atoms with Gasteiger partial charge in [0, 0.05) is 17.6 Å². The molecule has 0 saturated carbocycles. The van der Waals surface area contributed by atoms with Crippen molar-refractivity contribution in [3.05, 3.63) is 29.8 Å². The largest absolute Gasteiger partial charge is 0.405 e. The Balaban J connectivity index is 0.00000338. The minimum Gasteiger partial charge on any atom is -0.343 e. The summed E-state index contributed by atoms with van der Waals surface area (Å²) in [4.78, 5) is 11.6. The van der Waals surface area contributed by atoms with E-state index in [0.29, 0.717) is 19.4 Å². The number of amides is 1. The van der Waals surface area contributed by atoms with Gasteiger partial charge in [0.2, 0.25) is 10.0 Å². The van der Waals surface area contributed by atoms with Gasteiger partial charge in [-0.05, 0) is 44.5 Å². The van der Waals surface area contributed by atoms with Gasteiger partial charge in [-0.15, -0.1) is 12.4 Å². The molecule has 1 amide bonds. The number of piperidine rings is 1. The first-order valence-corrected chi connectivity index (χ1v) is 9.26. The molecule has 0 radical (unpaired) electrons. The summed E-state index contributed by atoms with van der Waals surface area (Å²) in [5, 5.41) is 4.93. The van der Waals surface area contributed by atoms with Crippen LogP contribution in [0.2, 0.25) is 0 Å². The zero-order chi connectivity index (χ0) is 18.7. The lowest BCUT2D eigenvalue weighted by atomic mass is 10.0. The van der Waals surface area contributed by atoms with Crippen LogP contribution in [0.25, 0.3) is 0 Å². The molecule has 0 bridgehead atoms. The van der Waals surface area contributed by atoms with Crippen molar-refractivity contribution in [3.63, 3.8) is 0 Å². The fraction of sp³-hybridized carbons (Fsp3) is 0.533. The Morgan fingerprint density at radius 3 is 2.65 bits per heavy atom. The average molecular weight is 416 g/mol. The predicted octanol–water partition coefficient (Wildman–Crippen LogP) is 1.82. The van der Waals surface area contributed by atoms with E-state index in [2.05, 4.69) is 10.0 Å². The molecule has 1 aliphatic heterocycles. The standard InChI is InChI=1S/C15H20F3N3O3S.ClH/c1-10-7-12(5-6-19-10)21-25(23,24)13-4-2-3-11(8-13)14(22)20-9-15(16,17)18;/h2-4,8,10,12,19,21H,5-7,9H2,1H3,(H,20,22);1H. The highest BCUT2D eigenvalue weighted by Gasteiger charge is 2.28. The Hall–Kier alpha value is -1.36. The number of carbonyl (C=O) groups is 1. The molecule has 2 rings (SSSR count). The fourth-order valence-corrected chi connectivity index (χ4v) is 3.94. The lowest BCUT2D eigenvalue weighted by Gasteiger charge is -2.28. The monoisotopic (exact) mass is 415 g/mol. The first kappa shape index (κ1) is 22.7. The molecular formula is C15H21ClF3N3O3S. The predicted molar refractivity (Wildman–Crippen MR) is 92.9 cm³/mol. The van der Waals surface area contributed by atoms with Gasteiger partial charge >= 0.3 is 6.18 Å². The zero-order valence-corrected chi connectivity index (χ0v) is 15.6. The van der Waals surface area contributed by atoms with Crippen LogP contribution in [-0.4, -0.2) is 45.7 Å². The maximum Gasteiger partial charge on any atom is 0.405 e. The second-order valence-electron chi connectivity index (χ2n) is 6.02. The van der Waals surface area contributed by atoms with Crippen LogP contribution in [-0.2, 0) is 10.0 Å². The molecule has 0 aliphatic carbocycles. The Morgan fingerprint density at radius 1 is 1.35 bits per heavy atom. The van der Waals surface area contributed by atoms with Crippen molar-refractivity contribution in [2.45, 2.75) is 42.9 Å². The summed E-state index contributed by atoms with van der Waals surface area (Å²) in [6.45, 7) is 1.16. The molecule has 2 unspecified atom stereocenters. The topological polar surface area (TPSA) is 87.3 Å². The minimum absolute atomic E-state index is 0. The van der Waals surface area contributed by atoms with Crippen molar-refractivity contribution >= 4 is 28.3 Å². The van der Waals surface area contributed by atoms with Crippen LogP contribution in [0.1, 0.15) is 30.1 Å². The molecule has 0 spiro atoms. The smallest absolute Gasteiger partial charge is 0.343 e. The number of nitrogens with one attached hydrogen (secondary N) is 3. The van der Waals surface area contributed by atoms with E-state index in [1.165, 1.54) is 18.2 Å². The van der Waals surface area contributed by atoms with Gasteiger partial charge in [-0.1, -0.05) is 6.07 Å². The van der Waals surface area contributed by atoms with Crippen molar-refractivity contribution in [2.75, 3.05) is 13.1 Å². The first-order valence-electron chi connectivity index (χ1n) is 7.77. The van der Waals surface area contributed by atoms with Crippen LogP contribution in [0.4, 0.5) is 13.2 Å². The Morgan fingerprint density at radius 2 is 2.04 bits per heavy atom. The molecule has 2 atom stereocenters. The van der Waals surface area contributed by atoms with E-state index in [4.69, 9.17) is 0 Å². The summed E-state index contributed by atoms with van der Waals surface area (Å²) < 4.78 is 64.0. The quantitative estimate of drug-likeness (QED) is 0.684. The molecule has 6 nitrogen and oxygen atoms in total. The van der Waals surface area contributed by atoms with Crippen molar-refractivity contribution in [1.29, 1.82) is 0 Å². The molecule has 0 aromatic heterocycles. The number of benzene rings is 1. The molecule has 1 aliphatic rings. The lowest BCUT2D eigenvalue weighted by molar-refractivity contribution is -0.123. The van der Waals surface area contributed by atoms with Gasteiger partial charge in [0.1, 0.15) is 6.54 Å². The Kier molecular flexibility index (Phi) is 7.87. The van der Waals surface area contributed by atoms with E-state index in [1.54, 1.807) is 5.32 Å². The fourth-order valence-electron chi connectivity index (χ4n) is 2.61. The number of sulfonamides is 1.